The van der Waals surface area contributed by atoms with Gasteiger partial charge in [-0.2, -0.15) is 0 Å². The van der Waals surface area contributed by atoms with E-state index in [0.717, 1.165) is 12.1 Å². The number of rotatable bonds is 0. The van der Waals surface area contributed by atoms with Crippen molar-refractivity contribution >= 4 is 22.9 Å². The molecule has 2 aliphatic heterocycles. The second-order valence-electron chi connectivity index (χ2n) is 6.40. The first kappa shape index (κ1) is 13.6. The van der Waals surface area contributed by atoms with Gasteiger partial charge < -0.3 is 20.5 Å². The largest absolute Gasteiger partial charge is 0.507 e. The predicted molar refractivity (Wildman–Crippen MR) is 86.8 cm³/mol. The lowest BCUT2D eigenvalue weighted by atomic mass is 9.82. The molecule has 5 rings (SSSR count). The molecule has 2 aromatic carbocycles. The molecule has 1 atom stereocenters. The first-order valence-electron chi connectivity index (χ1n) is 7.82. The Morgan fingerprint density at radius 2 is 1.79 bits per heavy atom. The van der Waals surface area contributed by atoms with Gasteiger partial charge in [-0.1, -0.05) is 12.1 Å². The van der Waals surface area contributed by atoms with Crippen molar-refractivity contribution in [2.45, 2.75) is 12.1 Å². The van der Waals surface area contributed by atoms with Gasteiger partial charge in [-0.15, -0.1) is 0 Å². The number of carbonyl (C=O) groups is 2. The van der Waals surface area contributed by atoms with E-state index < -0.39 is 5.66 Å². The van der Waals surface area contributed by atoms with Crippen LogP contribution in [0.25, 0.3) is 0 Å². The molecule has 3 N–H and O–H groups in total. The molecule has 0 aromatic heterocycles. The van der Waals surface area contributed by atoms with Gasteiger partial charge in [0.1, 0.15) is 11.4 Å². The Labute approximate surface area is 137 Å². The minimum absolute atomic E-state index is 0.0832. The average molecular weight is 322 g/mol. The molecule has 6 heteroatoms. The molecule has 0 radical (unpaired) electrons. The van der Waals surface area contributed by atoms with E-state index in [0.29, 0.717) is 30.0 Å². The summed E-state index contributed by atoms with van der Waals surface area (Å²) < 4.78 is 5.47. The van der Waals surface area contributed by atoms with Gasteiger partial charge in [0, 0.05) is 17.5 Å². The van der Waals surface area contributed by atoms with Crippen LogP contribution in [0.15, 0.2) is 30.3 Å². The van der Waals surface area contributed by atoms with Gasteiger partial charge in [0.2, 0.25) is 0 Å². The average Bonchev–Trinajstić information content (AvgIpc) is 3.18. The zero-order valence-electron chi connectivity index (χ0n) is 12.7. The number of phenolic OH excluding ortho intramolecular Hbond substituents is 1. The Bertz CT molecular complexity index is 929. The minimum atomic E-state index is -0.417. The molecule has 1 aliphatic carbocycles. The van der Waals surface area contributed by atoms with Crippen molar-refractivity contribution < 1.29 is 19.4 Å². The summed E-state index contributed by atoms with van der Waals surface area (Å²) in [6.45, 7) is 1.13. The quantitative estimate of drug-likeness (QED) is 0.588. The van der Waals surface area contributed by atoms with Crippen LogP contribution < -0.4 is 10.6 Å². The van der Waals surface area contributed by atoms with Crippen molar-refractivity contribution in [2.24, 2.45) is 0 Å². The standard InChI is InChI=1S/C18H14N2O4/c21-12-3-1-2-9-13(12)16(22)10-4-5-11-15(14(10)17(9)23)20-18(19-11)6-7-24-8-18/h1-5,19-21H,6-8H2. The number of phenols is 1. The molecule has 0 saturated carbocycles. The number of nitrogens with one attached hydrogen (secondary N) is 2. The van der Waals surface area contributed by atoms with Gasteiger partial charge in [0.15, 0.2) is 11.6 Å². The van der Waals surface area contributed by atoms with Gasteiger partial charge in [-0.05, 0) is 18.2 Å². The Hall–Kier alpha value is -2.86. The van der Waals surface area contributed by atoms with E-state index in [9.17, 15) is 14.7 Å². The molecule has 3 aliphatic rings. The maximum absolute atomic E-state index is 13.0. The molecular weight excluding hydrogens is 308 g/mol. The third-order valence-corrected chi connectivity index (χ3v) is 4.95. The lowest BCUT2D eigenvalue weighted by Gasteiger charge is -2.24. The SMILES string of the molecule is O=C1c2ccc3c(c2C(=O)c2cccc(O)c21)NC1(CCOC1)N3. The lowest BCUT2D eigenvalue weighted by molar-refractivity contribution is 0.0977. The number of hydrogen-bond donors (Lipinski definition) is 3. The highest BCUT2D eigenvalue weighted by molar-refractivity contribution is 6.31. The number of carbonyl (C=O) groups excluding carboxylic acids is 2. The number of benzene rings is 2. The van der Waals surface area contributed by atoms with E-state index in [2.05, 4.69) is 10.6 Å². The van der Waals surface area contributed by atoms with Crippen molar-refractivity contribution in [3.8, 4) is 5.75 Å². The topological polar surface area (TPSA) is 87.7 Å². The Balaban J connectivity index is 1.72. The van der Waals surface area contributed by atoms with Crippen molar-refractivity contribution in [3.63, 3.8) is 0 Å². The summed E-state index contributed by atoms with van der Waals surface area (Å²) in [5.41, 5.74) is 2.03. The van der Waals surface area contributed by atoms with E-state index >= 15 is 0 Å². The summed E-state index contributed by atoms with van der Waals surface area (Å²) in [5, 5.41) is 16.8. The first-order chi connectivity index (χ1) is 11.6. The zero-order chi connectivity index (χ0) is 16.5. The van der Waals surface area contributed by atoms with Crippen LogP contribution >= 0.6 is 0 Å². The summed E-state index contributed by atoms with van der Waals surface area (Å²) in [6, 6.07) is 8.02. The van der Waals surface area contributed by atoms with Crippen molar-refractivity contribution in [3.05, 3.63) is 52.6 Å². The van der Waals surface area contributed by atoms with Crippen molar-refractivity contribution in [1.29, 1.82) is 0 Å². The van der Waals surface area contributed by atoms with Crippen LogP contribution in [-0.2, 0) is 4.74 Å². The van der Waals surface area contributed by atoms with Gasteiger partial charge in [0.25, 0.3) is 0 Å². The fourth-order valence-electron chi connectivity index (χ4n) is 3.79. The Morgan fingerprint density at radius 3 is 2.58 bits per heavy atom. The maximum Gasteiger partial charge on any atom is 0.198 e. The smallest absolute Gasteiger partial charge is 0.198 e. The van der Waals surface area contributed by atoms with Gasteiger partial charge in [-0.3, -0.25) is 9.59 Å². The van der Waals surface area contributed by atoms with E-state index in [1.165, 1.54) is 6.07 Å². The summed E-state index contributed by atoms with van der Waals surface area (Å²) in [5.74, 6) is -0.743. The minimum Gasteiger partial charge on any atom is -0.507 e. The molecule has 2 aromatic rings. The molecule has 2 heterocycles. The highest BCUT2D eigenvalue weighted by Gasteiger charge is 2.44. The fraction of sp³-hybridized carbons (Fsp3) is 0.222. The number of aromatic hydroxyl groups is 1. The first-order valence-corrected chi connectivity index (χ1v) is 7.82. The van der Waals surface area contributed by atoms with Gasteiger partial charge in [0.05, 0.1) is 35.7 Å². The summed E-state index contributed by atoms with van der Waals surface area (Å²) >= 11 is 0. The third-order valence-electron chi connectivity index (χ3n) is 4.95. The molecule has 1 spiro atoms. The van der Waals surface area contributed by atoms with Crippen LogP contribution in [-0.4, -0.2) is 35.5 Å². The molecule has 1 fully saturated rings. The fourth-order valence-corrected chi connectivity index (χ4v) is 3.79. The van der Waals surface area contributed by atoms with Crippen LogP contribution in [0.5, 0.6) is 5.75 Å². The number of ketones is 2. The molecule has 24 heavy (non-hydrogen) atoms. The van der Waals surface area contributed by atoms with Crippen LogP contribution in [0.4, 0.5) is 11.4 Å². The van der Waals surface area contributed by atoms with Crippen LogP contribution in [0.1, 0.15) is 38.3 Å². The third kappa shape index (κ3) is 1.58. The predicted octanol–water partition coefficient (Wildman–Crippen LogP) is 2.12. The number of hydrogen-bond acceptors (Lipinski definition) is 6. The molecule has 1 unspecified atom stereocenters. The summed E-state index contributed by atoms with van der Waals surface area (Å²) in [7, 11) is 0. The molecule has 0 bridgehead atoms. The van der Waals surface area contributed by atoms with Crippen LogP contribution in [0.3, 0.4) is 0 Å². The van der Waals surface area contributed by atoms with E-state index in [1.54, 1.807) is 24.3 Å². The van der Waals surface area contributed by atoms with Crippen molar-refractivity contribution in [2.75, 3.05) is 23.8 Å². The second-order valence-corrected chi connectivity index (χ2v) is 6.40. The van der Waals surface area contributed by atoms with Gasteiger partial charge >= 0.3 is 0 Å². The van der Waals surface area contributed by atoms with Gasteiger partial charge in [-0.25, -0.2) is 0 Å². The second kappa shape index (κ2) is 4.36. The molecule has 120 valence electrons. The number of fused-ring (bicyclic) bond motifs is 4. The zero-order valence-corrected chi connectivity index (χ0v) is 12.7. The Kier molecular flexibility index (Phi) is 2.46. The maximum atomic E-state index is 13.0. The lowest BCUT2D eigenvalue weighted by Crippen LogP contribution is -2.42. The molecule has 0 amide bonds. The van der Waals surface area contributed by atoms with E-state index in [1.807, 2.05) is 0 Å². The number of ether oxygens (including phenoxy) is 1. The highest BCUT2D eigenvalue weighted by Crippen LogP contribution is 2.45. The molecule has 6 nitrogen and oxygen atoms in total. The van der Waals surface area contributed by atoms with E-state index in [4.69, 9.17) is 4.74 Å². The number of anilines is 2. The van der Waals surface area contributed by atoms with Crippen molar-refractivity contribution in [1.82, 2.24) is 0 Å². The Morgan fingerprint density at radius 1 is 1.00 bits per heavy atom. The normalized spacial score (nSPS) is 23.5. The van der Waals surface area contributed by atoms with Crippen LogP contribution in [0.2, 0.25) is 0 Å². The highest BCUT2D eigenvalue weighted by atomic mass is 16.5. The molecule has 1 saturated heterocycles. The van der Waals surface area contributed by atoms with Crippen LogP contribution in [0, 0.1) is 0 Å². The molecular formula is C18H14N2O4. The monoisotopic (exact) mass is 322 g/mol. The summed E-state index contributed by atoms with van der Waals surface area (Å²) in [4.78, 5) is 25.8. The van der Waals surface area contributed by atoms with E-state index in [-0.39, 0.29) is 28.4 Å². The summed E-state index contributed by atoms with van der Waals surface area (Å²) in [6.07, 6.45) is 0.774.